The summed E-state index contributed by atoms with van der Waals surface area (Å²) in [5.74, 6) is 0.720. The molecule has 2 saturated heterocycles. The first-order chi connectivity index (χ1) is 14.8. The van der Waals surface area contributed by atoms with Gasteiger partial charge < -0.3 is 4.90 Å². The Morgan fingerprint density at radius 2 is 1.84 bits per heavy atom. The predicted octanol–water partition coefficient (Wildman–Crippen LogP) is 4.43. The number of carbonyl (C=O) groups excluding carboxylic acids is 1. The van der Waals surface area contributed by atoms with E-state index in [1.165, 1.54) is 24.6 Å². The van der Waals surface area contributed by atoms with Crippen molar-refractivity contribution in [2.45, 2.75) is 72.4 Å². The normalized spacial score (nSPS) is 19.6. The number of thiocarbonyl (C=S) groups is 1. The number of hydrogen-bond donors (Lipinski definition) is 0. The van der Waals surface area contributed by atoms with E-state index < -0.39 is 0 Å². The van der Waals surface area contributed by atoms with E-state index in [0.29, 0.717) is 21.3 Å². The maximum atomic E-state index is 13.2. The zero-order chi connectivity index (χ0) is 22.7. The molecule has 0 aromatic carbocycles. The van der Waals surface area contributed by atoms with Crippen LogP contribution in [0.25, 0.3) is 6.08 Å². The smallest absolute Gasteiger partial charge is 0.270 e. The number of hydrogen-bond acceptors (Lipinski definition) is 6. The van der Waals surface area contributed by atoms with E-state index in [1.54, 1.807) is 9.47 Å². The third-order valence-electron chi connectivity index (χ3n) is 6.20. The van der Waals surface area contributed by atoms with Crippen molar-refractivity contribution in [2.24, 2.45) is 0 Å². The van der Waals surface area contributed by atoms with Crippen molar-refractivity contribution in [3.63, 3.8) is 0 Å². The highest BCUT2D eigenvalue weighted by Crippen LogP contribution is 2.37. The molecule has 1 amide bonds. The molecule has 2 aliphatic rings. The van der Waals surface area contributed by atoms with Crippen LogP contribution < -0.4 is 10.5 Å². The lowest BCUT2D eigenvalue weighted by molar-refractivity contribution is -0.123. The molecule has 8 heteroatoms. The molecular weight excluding hydrogens is 428 g/mol. The molecule has 1 aromatic rings. The summed E-state index contributed by atoms with van der Waals surface area (Å²) >= 11 is 6.79. The molecule has 1 unspecified atom stereocenters. The lowest BCUT2D eigenvalue weighted by atomic mass is 10.0. The second-order valence-corrected chi connectivity index (χ2v) is 9.78. The van der Waals surface area contributed by atoms with Gasteiger partial charge in [0.25, 0.3) is 11.5 Å². The highest BCUT2D eigenvalue weighted by molar-refractivity contribution is 8.26. The first kappa shape index (κ1) is 23.6. The van der Waals surface area contributed by atoms with Gasteiger partial charge in [0, 0.05) is 31.2 Å². The molecular formula is C23H30N4O2S2. The van der Waals surface area contributed by atoms with Crippen LogP contribution in [0.1, 0.15) is 69.6 Å². The van der Waals surface area contributed by atoms with Gasteiger partial charge in [-0.1, -0.05) is 43.7 Å². The molecule has 6 nitrogen and oxygen atoms in total. The molecule has 2 fully saturated rings. The molecule has 0 N–H and O–H groups in total. The molecule has 1 aromatic heterocycles. The predicted molar refractivity (Wildman–Crippen MR) is 131 cm³/mol. The van der Waals surface area contributed by atoms with Crippen LogP contribution in [0.3, 0.4) is 0 Å². The van der Waals surface area contributed by atoms with E-state index >= 15 is 0 Å². The van der Waals surface area contributed by atoms with Crippen LogP contribution in [0.2, 0.25) is 0 Å². The first-order valence-corrected chi connectivity index (χ1v) is 12.3. The van der Waals surface area contributed by atoms with Crippen LogP contribution in [0, 0.1) is 18.3 Å². The summed E-state index contributed by atoms with van der Waals surface area (Å²) in [7, 11) is 0. The highest BCUT2D eigenvalue weighted by Gasteiger charge is 2.35. The van der Waals surface area contributed by atoms with E-state index in [0.717, 1.165) is 43.7 Å². The molecule has 1 atom stereocenters. The van der Waals surface area contributed by atoms with Gasteiger partial charge in [0.15, 0.2) is 0 Å². The zero-order valence-electron chi connectivity index (χ0n) is 18.7. The van der Waals surface area contributed by atoms with E-state index in [9.17, 15) is 14.9 Å². The molecule has 0 radical (unpaired) electrons. The lowest BCUT2D eigenvalue weighted by Gasteiger charge is -2.29. The van der Waals surface area contributed by atoms with E-state index in [2.05, 4.69) is 11.0 Å². The number of aromatic nitrogens is 1. The van der Waals surface area contributed by atoms with Crippen LogP contribution in [-0.2, 0) is 11.3 Å². The van der Waals surface area contributed by atoms with Gasteiger partial charge >= 0.3 is 0 Å². The monoisotopic (exact) mass is 458 g/mol. The Hall–Kier alpha value is -2.11. The Kier molecular flexibility index (Phi) is 7.60. The fraction of sp³-hybridized carbons (Fsp3) is 0.565. The van der Waals surface area contributed by atoms with Gasteiger partial charge in [0.1, 0.15) is 21.8 Å². The molecule has 31 heavy (non-hydrogen) atoms. The Morgan fingerprint density at radius 3 is 2.39 bits per heavy atom. The summed E-state index contributed by atoms with van der Waals surface area (Å²) in [6.45, 7) is 9.94. The second-order valence-electron chi connectivity index (χ2n) is 8.11. The molecule has 3 heterocycles. The fourth-order valence-corrected chi connectivity index (χ4v) is 5.68. The van der Waals surface area contributed by atoms with Crippen molar-refractivity contribution >= 4 is 46.1 Å². The largest absolute Gasteiger partial charge is 0.357 e. The minimum absolute atomic E-state index is 0.0313. The quantitative estimate of drug-likeness (QED) is 0.480. The lowest BCUT2D eigenvalue weighted by Crippen LogP contribution is -2.36. The SMILES string of the molecule is CCC(C)N1C(=O)/C(=C/c2c(C)c(C#N)c(=O)n(CC)c2N2CCCCCC2)SC1=S. The topological polar surface area (TPSA) is 69.3 Å². The van der Waals surface area contributed by atoms with Crippen LogP contribution >= 0.6 is 24.0 Å². The number of nitrogens with zero attached hydrogens (tertiary/aromatic N) is 4. The van der Waals surface area contributed by atoms with Crippen LogP contribution in [0.5, 0.6) is 0 Å². The zero-order valence-corrected chi connectivity index (χ0v) is 20.4. The number of anilines is 1. The second kappa shape index (κ2) is 10.0. The molecule has 3 rings (SSSR count). The van der Waals surface area contributed by atoms with Crippen molar-refractivity contribution in [3.8, 4) is 6.07 Å². The van der Waals surface area contributed by atoms with Crippen molar-refractivity contribution in [2.75, 3.05) is 18.0 Å². The molecule has 0 aliphatic carbocycles. The maximum absolute atomic E-state index is 13.2. The van der Waals surface area contributed by atoms with Gasteiger partial charge in [0.2, 0.25) is 0 Å². The Morgan fingerprint density at radius 1 is 1.19 bits per heavy atom. The van der Waals surface area contributed by atoms with Crippen molar-refractivity contribution in [3.05, 3.63) is 31.9 Å². The molecule has 0 saturated carbocycles. The highest BCUT2D eigenvalue weighted by atomic mass is 32.2. The fourth-order valence-electron chi connectivity index (χ4n) is 4.23. The summed E-state index contributed by atoms with van der Waals surface area (Å²) < 4.78 is 2.25. The third-order valence-corrected chi connectivity index (χ3v) is 7.53. The summed E-state index contributed by atoms with van der Waals surface area (Å²) in [6, 6.07) is 2.12. The summed E-state index contributed by atoms with van der Waals surface area (Å²) in [5, 5.41) is 9.69. The van der Waals surface area contributed by atoms with E-state index in [-0.39, 0.29) is 23.1 Å². The number of nitriles is 1. The van der Waals surface area contributed by atoms with Crippen molar-refractivity contribution < 1.29 is 4.79 Å². The van der Waals surface area contributed by atoms with E-state index in [1.807, 2.05) is 33.8 Å². The number of carbonyl (C=O) groups is 1. The first-order valence-electron chi connectivity index (χ1n) is 11.0. The summed E-state index contributed by atoms with van der Waals surface area (Å²) in [4.78, 5) is 30.7. The standard InChI is InChI=1S/C23H30N4O2S2/c1-5-15(3)27-22(29)19(31-23(27)30)13-17-16(4)18(14-24)21(28)26(6-2)20(17)25-11-9-7-8-10-12-25/h13,15H,5-12H2,1-4H3/b19-13-. The van der Waals surface area contributed by atoms with Crippen LogP contribution in [-0.4, -0.2) is 38.8 Å². The Bertz CT molecular complexity index is 1010. The number of rotatable bonds is 5. The van der Waals surface area contributed by atoms with Crippen molar-refractivity contribution in [1.29, 1.82) is 5.26 Å². The summed E-state index contributed by atoms with van der Waals surface area (Å²) in [6.07, 6.45) is 7.13. The van der Waals surface area contributed by atoms with Gasteiger partial charge in [-0.15, -0.1) is 0 Å². The van der Waals surface area contributed by atoms with Gasteiger partial charge in [0.05, 0.1) is 4.91 Å². The van der Waals surface area contributed by atoms with Gasteiger partial charge in [-0.3, -0.25) is 19.1 Å². The van der Waals surface area contributed by atoms with E-state index in [4.69, 9.17) is 12.2 Å². The average molecular weight is 459 g/mol. The molecule has 0 spiro atoms. The Labute approximate surface area is 193 Å². The van der Waals surface area contributed by atoms with Crippen molar-refractivity contribution in [1.82, 2.24) is 9.47 Å². The number of amides is 1. The minimum atomic E-state index is -0.258. The Balaban J connectivity index is 2.22. The number of thioether (sulfide) groups is 1. The number of pyridine rings is 1. The summed E-state index contributed by atoms with van der Waals surface area (Å²) in [5.41, 5.74) is 1.30. The van der Waals surface area contributed by atoms with Crippen LogP contribution in [0.4, 0.5) is 5.82 Å². The molecule has 2 aliphatic heterocycles. The van der Waals surface area contributed by atoms with Gasteiger partial charge in [-0.05, 0) is 51.7 Å². The van der Waals surface area contributed by atoms with Gasteiger partial charge in [-0.2, -0.15) is 5.26 Å². The van der Waals surface area contributed by atoms with Gasteiger partial charge in [-0.25, -0.2) is 0 Å². The molecule has 0 bridgehead atoms. The third kappa shape index (κ3) is 4.44. The van der Waals surface area contributed by atoms with Crippen LogP contribution in [0.15, 0.2) is 9.70 Å². The average Bonchev–Trinajstić information content (AvgIpc) is 2.93. The molecule has 166 valence electrons. The minimum Gasteiger partial charge on any atom is -0.357 e. The maximum Gasteiger partial charge on any atom is 0.270 e.